The van der Waals surface area contributed by atoms with Gasteiger partial charge in [-0.3, -0.25) is 0 Å². The molecular formula is C27H26NSi+. The first-order valence-corrected chi connectivity index (χ1v) is 12.7. The van der Waals surface area contributed by atoms with E-state index in [1.165, 1.54) is 32.8 Å². The highest BCUT2D eigenvalue weighted by Gasteiger charge is 2.58. The SMILES string of the molecule is C[N+]1(C)c2cccc3cccc(c23)[Si]1(C)C(=Cc1ccccc1)c1ccccc1. The van der Waals surface area contributed by atoms with Gasteiger partial charge in [0.15, 0.2) is 0 Å². The van der Waals surface area contributed by atoms with E-state index in [1.807, 2.05) is 0 Å². The van der Waals surface area contributed by atoms with E-state index in [9.17, 15) is 0 Å². The fourth-order valence-corrected chi connectivity index (χ4v) is 9.54. The van der Waals surface area contributed by atoms with E-state index < -0.39 is 8.24 Å². The zero-order valence-electron chi connectivity index (χ0n) is 17.3. The second-order valence-corrected chi connectivity index (χ2v) is 12.9. The van der Waals surface area contributed by atoms with Crippen molar-refractivity contribution in [2.45, 2.75) is 6.55 Å². The van der Waals surface area contributed by atoms with Crippen LogP contribution in [0.5, 0.6) is 0 Å². The Kier molecular flexibility index (Phi) is 4.09. The Morgan fingerprint density at radius 3 is 2.03 bits per heavy atom. The summed E-state index contributed by atoms with van der Waals surface area (Å²) in [4.78, 5) is 0. The van der Waals surface area contributed by atoms with Crippen LogP contribution in [0.3, 0.4) is 0 Å². The normalized spacial score (nSPS) is 20.2. The Morgan fingerprint density at radius 1 is 0.724 bits per heavy atom. The van der Waals surface area contributed by atoms with Crippen LogP contribution in [0.25, 0.3) is 22.0 Å². The highest BCUT2D eigenvalue weighted by Crippen LogP contribution is 2.45. The van der Waals surface area contributed by atoms with Crippen LogP contribution >= 0.6 is 0 Å². The Morgan fingerprint density at radius 2 is 1.34 bits per heavy atom. The molecule has 4 aromatic rings. The van der Waals surface area contributed by atoms with Crippen molar-refractivity contribution >= 4 is 41.2 Å². The number of nitrogens with zero attached hydrogens (tertiary/aromatic N) is 1. The van der Waals surface area contributed by atoms with Crippen molar-refractivity contribution < 1.29 is 0 Å². The molecule has 1 atom stereocenters. The summed E-state index contributed by atoms with van der Waals surface area (Å²) in [7, 11) is 2.64. The molecule has 0 saturated carbocycles. The molecule has 1 aliphatic heterocycles. The molecule has 5 rings (SSSR count). The Hall–Kier alpha value is -2.94. The first kappa shape index (κ1) is 18.1. The summed E-state index contributed by atoms with van der Waals surface area (Å²) in [5.74, 6) is 0. The summed E-state index contributed by atoms with van der Waals surface area (Å²) in [6, 6.07) is 35.4. The van der Waals surface area contributed by atoms with Crippen molar-refractivity contribution in [3.05, 3.63) is 108 Å². The minimum absolute atomic E-state index is 0.928. The molecule has 0 saturated heterocycles. The van der Waals surface area contributed by atoms with Crippen LogP contribution in [-0.2, 0) is 0 Å². The van der Waals surface area contributed by atoms with Gasteiger partial charge in [0.25, 0.3) is 0 Å². The van der Waals surface area contributed by atoms with Crippen LogP contribution in [0.15, 0.2) is 97.1 Å². The Labute approximate surface area is 174 Å². The summed E-state index contributed by atoms with van der Waals surface area (Å²) >= 11 is 0. The molecule has 1 nitrogen and oxygen atoms in total. The van der Waals surface area contributed by atoms with Gasteiger partial charge in [0.2, 0.25) is 0 Å². The quantitative estimate of drug-likeness (QED) is 0.297. The molecule has 0 N–H and O–H groups in total. The molecule has 0 amide bonds. The van der Waals surface area contributed by atoms with Gasteiger partial charge in [-0.05, 0) is 35.2 Å². The molecule has 142 valence electrons. The molecular weight excluding hydrogens is 366 g/mol. The van der Waals surface area contributed by atoms with E-state index in [1.54, 1.807) is 5.19 Å². The summed E-state index contributed by atoms with van der Waals surface area (Å²) in [5, 5.41) is 5.85. The minimum Gasteiger partial charge on any atom is -0.348 e. The number of hydrogen-bond donors (Lipinski definition) is 0. The van der Waals surface area contributed by atoms with E-state index in [4.69, 9.17) is 0 Å². The van der Waals surface area contributed by atoms with Crippen molar-refractivity contribution in [1.82, 2.24) is 4.15 Å². The first-order valence-electron chi connectivity index (χ1n) is 10.2. The summed E-state index contributed by atoms with van der Waals surface area (Å²) < 4.78 is 0.928. The second kappa shape index (κ2) is 6.55. The molecule has 1 unspecified atom stereocenters. The van der Waals surface area contributed by atoms with Crippen LogP contribution in [-0.4, -0.2) is 22.3 Å². The van der Waals surface area contributed by atoms with Gasteiger partial charge < -0.3 is 4.15 Å². The third-order valence-electron chi connectivity index (χ3n) is 6.85. The van der Waals surface area contributed by atoms with E-state index in [2.05, 4.69) is 124 Å². The number of rotatable bonds is 3. The number of quaternary nitrogens is 1. The summed E-state index contributed by atoms with van der Waals surface area (Å²) in [5.41, 5.74) is 4.05. The molecule has 1 heterocycles. The standard InChI is InChI=1S/C27H26NSi/c1-28(2)24-18-10-16-23-17-11-19-25(27(23)24)29(28,3)26(22-14-8-5-9-15-22)20-21-12-6-4-7-13-21/h4-20H,1-3H3/q+1. The van der Waals surface area contributed by atoms with Crippen molar-refractivity contribution in [3.8, 4) is 0 Å². The van der Waals surface area contributed by atoms with Crippen LogP contribution in [0.4, 0.5) is 5.69 Å². The molecule has 1 aliphatic rings. The van der Waals surface area contributed by atoms with Gasteiger partial charge in [-0.1, -0.05) is 91.0 Å². The molecule has 0 radical (unpaired) electrons. The molecule has 0 spiro atoms. The van der Waals surface area contributed by atoms with Crippen LogP contribution in [0, 0.1) is 0 Å². The Balaban J connectivity index is 1.85. The van der Waals surface area contributed by atoms with E-state index in [-0.39, 0.29) is 0 Å². The van der Waals surface area contributed by atoms with Gasteiger partial charge in [0, 0.05) is 15.8 Å². The van der Waals surface area contributed by atoms with Gasteiger partial charge in [-0.25, -0.2) is 0 Å². The highest BCUT2D eigenvalue weighted by molar-refractivity contribution is 7.09. The molecule has 0 aliphatic carbocycles. The lowest BCUT2D eigenvalue weighted by molar-refractivity contribution is 0.621. The lowest BCUT2D eigenvalue weighted by Gasteiger charge is -2.41. The maximum Gasteiger partial charge on any atom is 0.353 e. The van der Waals surface area contributed by atoms with E-state index in [0.29, 0.717) is 0 Å². The zero-order chi connectivity index (χ0) is 20.1. The van der Waals surface area contributed by atoms with Gasteiger partial charge in [0.05, 0.1) is 14.1 Å². The predicted molar refractivity (Wildman–Crippen MR) is 130 cm³/mol. The molecule has 0 fully saturated rings. The lowest BCUT2D eigenvalue weighted by atomic mass is 10.1. The molecule has 4 aromatic carbocycles. The Bertz CT molecular complexity index is 1220. The third kappa shape index (κ3) is 2.57. The molecule has 29 heavy (non-hydrogen) atoms. The largest absolute Gasteiger partial charge is 0.353 e. The van der Waals surface area contributed by atoms with Crippen molar-refractivity contribution in [3.63, 3.8) is 0 Å². The minimum atomic E-state index is -2.17. The van der Waals surface area contributed by atoms with E-state index >= 15 is 0 Å². The summed E-state index contributed by atoms with van der Waals surface area (Å²) in [6.07, 6.45) is 2.44. The molecule has 2 heteroatoms. The predicted octanol–water partition coefficient (Wildman–Crippen LogP) is 5.98. The monoisotopic (exact) mass is 392 g/mol. The van der Waals surface area contributed by atoms with Crippen molar-refractivity contribution in [2.75, 3.05) is 14.1 Å². The maximum atomic E-state index is 2.55. The number of benzene rings is 4. The first-order chi connectivity index (χ1) is 14.0. The van der Waals surface area contributed by atoms with Gasteiger partial charge in [-0.2, -0.15) is 0 Å². The van der Waals surface area contributed by atoms with Crippen LogP contribution < -0.4 is 9.34 Å². The second-order valence-electron chi connectivity index (χ2n) is 8.54. The average Bonchev–Trinajstić information content (AvgIpc) is 2.94. The van der Waals surface area contributed by atoms with Crippen LogP contribution in [0.1, 0.15) is 11.1 Å². The molecule has 0 aromatic heterocycles. The number of hydrogen-bond acceptors (Lipinski definition) is 0. The third-order valence-corrected chi connectivity index (χ3v) is 12.3. The summed E-state index contributed by atoms with van der Waals surface area (Å²) in [6.45, 7) is 2.55. The van der Waals surface area contributed by atoms with E-state index in [0.717, 1.165) is 4.15 Å². The molecule has 0 bridgehead atoms. The van der Waals surface area contributed by atoms with Gasteiger partial charge in [-0.15, -0.1) is 0 Å². The zero-order valence-corrected chi connectivity index (χ0v) is 18.3. The maximum absolute atomic E-state index is 2.55. The van der Waals surface area contributed by atoms with Gasteiger partial charge in [0.1, 0.15) is 5.69 Å². The fourth-order valence-electron chi connectivity index (χ4n) is 5.02. The van der Waals surface area contributed by atoms with Crippen molar-refractivity contribution in [2.24, 2.45) is 0 Å². The smallest absolute Gasteiger partial charge is 0.348 e. The highest BCUT2D eigenvalue weighted by atomic mass is 28.3. The lowest BCUT2D eigenvalue weighted by Crippen LogP contribution is -2.67. The topological polar surface area (TPSA) is 0 Å². The van der Waals surface area contributed by atoms with Crippen LogP contribution in [0.2, 0.25) is 6.55 Å². The fraction of sp³-hybridized carbons (Fsp3) is 0.111. The van der Waals surface area contributed by atoms with Gasteiger partial charge >= 0.3 is 8.24 Å². The van der Waals surface area contributed by atoms with Crippen molar-refractivity contribution in [1.29, 1.82) is 0 Å². The average molecular weight is 393 g/mol.